The first-order valence-corrected chi connectivity index (χ1v) is 7.18. The van der Waals surface area contributed by atoms with Crippen LogP contribution in [-0.2, 0) is 0 Å². The largest absolute Gasteiger partial charge is 0.493 e. The number of hydrogen-bond donors (Lipinski definition) is 2. The van der Waals surface area contributed by atoms with Gasteiger partial charge < -0.3 is 4.74 Å². The molecule has 112 valence electrons. The van der Waals surface area contributed by atoms with Crippen LogP contribution < -0.4 is 16.0 Å². The second kappa shape index (κ2) is 7.41. The van der Waals surface area contributed by atoms with Gasteiger partial charge in [-0.25, -0.2) is 9.82 Å². The number of para-hydroxylation sites is 1. The molecule has 5 heteroatoms. The molecule has 0 bridgehead atoms. The van der Waals surface area contributed by atoms with Crippen molar-refractivity contribution in [3.05, 3.63) is 64.4 Å². The van der Waals surface area contributed by atoms with Crippen LogP contribution in [0.2, 0.25) is 5.02 Å². The Balaban J connectivity index is 2.38. The number of hydrogen-bond acceptors (Lipinski definition) is 3. The molecule has 0 amide bonds. The molecule has 0 aliphatic rings. The third-order valence-electron chi connectivity index (χ3n) is 3.14. The maximum Gasteiger partial charge on any atom is 0.142 e. The molecule has 3 N–H and O–H groups in total. The number of benzene rings is 2. The lowest BCUT2D eigenvalue weighted by atomic mass is 9.98. The zero-order chi connectivity index (χ0) is 15.2. The molecule has 0 saturated heterocycles. The maximum absolute atomic E-state index is 13.7. The van der Waals surface area contributed by atoms with Crippen LogP contribution in [0.4, 0.5) is 4.39 Å². The average Bonchev–Trinajstić information content (AvgIpc) is 2.50. The van der Waals surface area contributed by atoms with Crippen molar-refractivity contribution in [1.29, 1.82) is 0 Å². The fourth-order valence-electron chi connectivity index (χ4n) is 2.12. The summed E-state index contributed by atoms with van der Waals surface area (Å²) in [6.07, 6.45) is 0.907. The Kier molecular flexibility index (Phi) is 5.56. The highest BCUT2D eigenvalue weighted by molar-refractivity contribution is 6.30. The minimum atomic E-state index is -0.471. The molecule has 0 aromatic heterocycles. The quantitative estimate of drug-likeness (QED) is 0.630. The number of nitrogens with two attached hydrogens (primary N) is 1. The Morgan fingerprint density at radius 1 is 1.29 bits per heavy atom. The highest BCUT2D eigenvalue weighted by Gasteiger charge is 2.18. The van der Waals surface area contributed by atoms with E-state index in [9.17, 15) is 4.39 Å². The van der Waals surface area contributed by atoms with Crippen LogP contribution in [0.5, 0.6) is 5.75 Å². The molecular weight excluding hydrogens is 291 g/mol. The fraction of sp³-hybridized carbons (Fsp3) is 0.250. The molecule has 0 spiro atoms. The summed E-state index contributed by atoms with van der Waals surface area (Å²) in [7, 11) is 0. The van der Waals surface area contributed by atoms with E-state index in [0.29, 0.717) is 12.2 Å². The van der Waals surface area contributed by atoms with Gasteiger partial charge in [-0.2, -0.15) is 0 Å². The summed E-state index contributed by atoms with van der Waals surface area (Å²) in [6, 6.07) is 11.8. The van der Waals surface area contributed by atoms with Crippen molar-refractivity contribution in [3.63, 3.8) is 0 Å². The Morgan fingerprint density at radius 2 is 2.05 bits per heavy atom. The minimum Gasteiger partial charge on any atom is -0.493 e. The number of halogens is 2. The van der Waals surface area contributed by atoms with Crippen LogP contribution in [0.25, 0.3) is 0 Å². The van der Waals surface area contributed by atoms with Gasteiger partial charge in [0.25, 0.3) is 0 Å². The Labute approximate surface area is 128 Å². The van der Waals surface area contributed by atoms with Gasteiger partial charge in [0, 0.05) is 5.56 Å². The van der Waals surface area contributed by atoms with E-state index in [4.69, 9.17) is 22.2 Å². The van der Waals surface area contributed by atoms with Crippen molar-refractivity contribution < 1.29 is 9.13 Å². The van der Waals surface area contributed by atoms with E-state index in [1.165, 1.54) is 12.1 Å². The molecule has 2 aromatic rings. The lowest BCUT2D eigenvalue weighted by Crippen LogP contribution is -2.29. The van der Waals surface area contributed by atoms with Crippen LogP contribution in [0.15, 0.2) is 42.5 Å². The lowest BCUT2D eigenvalue weighted by molar-refractivity contribution is 0.311. The average molecular weight is 309 g/mol. The number of ether oxygens (including phenoxy) is 1. The van der Waals surface area contributed by atoms with Crippen LogP contribution in [0.3, 0.4) is 0 Å². The van der Waals surface area contributed by atoms with Crippen molar-refractivity contribution in [3.8, 4) is 5.75 Å². The van der Waals surface area contributed by atoms with Crippen molar-refractivity contribution in [2.75, 3.05) is 6.61 Å². The summed E-state index contributed by atoms with van der Waals surface area (Å²) in [5.41, 5.74) is 4.25. The van der Waals surface area contributed by atoms with E-state index in [-0.39, 0.29) is 11.1 Å². The van der Waals surface area contributed by atoms with Gasteiger partial charge in [0.15, 0.2) is 0 Å². The van der Waals surface area contributed by atoms with Crippen LogP contribution in [0.1, 0.15) is 30.5 Å². The molecule has 0 aliphatic carbocycles. The lowest BCUT2D eigenvalue weighted by Gasteiger charge is -2.20. The standard InChI is InChI=1S/C16H18ClFN2O/c1-2-9-21-15-6-4-3-5-12(15)16(20-19)11-7-8-13(17)14(18)10-11/h3-8,10,16,20H,2,9,19H2,1H3. The Bertz CT molecular complexity index is 607. The van der Waals surface area contributed by atoms with Gasteiger partial charge in [-0.15, -0.1) is 0 Å². The molecule has 2 aromatic carbocycles. The molecule has 21 heavy (non-hydrogen) atoms. The zero-order valence-electron chi connectivity index (χ0n) is 11.8. The smallest absolute Gasteiger partial charge is 0.142 e. The zero-order valence-corrected chi connectivity index (χ0v) is 12.5. The van der Waals surface area contributed by atoms with Gasteiger partial charge in [-0.3, -0.25) is 5.84 Å². The van der Waals surface area contributed by atoms with Crippen LogP contribution in [0, 0.1) is 5.82 Å². The molecule has 0 fully saturated rings. The summed E-state index contributed by atoms with van der Waals surface area (Å²) in [5, 5.41) is 0.0880. The molecule has 0 saturated carbocycles. The van der Waals surface area contributed by atoms with Crippen LogP contribution in [-0.4, -0.2) is 6.61 Å². The number of nitrogens with one attached hydrogen (secondary N) is 1. The van der Waals surface area contributed by atoms with Gasteiger partial charge in [0.1, 0.15) is 11.6 Å². The predicted octanol–water partition coefficient (Wildman–Crippen LogP) is 3.82. The molecule has 3 nitrogen and oxygen atoms in total. The van der Waals surface area contributed by atoms with E-state index in [2.05, 4.69) is 5.43 Å². The SMILES string of the molecule is CCCOc1ccccc1C(NN)c1ccc(Cl)c(F)c1. The topological polar surface area (TPSA) is 47.3 Å². The fourth-order valence-corrected chi connectivity index (χ4v) is 2.24. The van der Waals surface area contributed by atoms with E-state index in [1.54, 1.807) is 6.07 Å². The van der Waals surface area contributed by atoms with Gasteiger partial charge >= 0.3 is 0 Å². The summed E-state index contributed by atoms with van der Waals surface area (Å²) < 4.78 is 19.4. The van der Waals surface area contributed by atoms with E-state index in [1.807, 2.05) is 31.2 Å². The number of hydrazine groups is 1. The van der Waals surface area contributed by atoms with E-state index >= 15 is 0 Å². The van der Waals surface area contributed by atoms with E-state index < -0.39 is 5.82 Å². The second-order valence-electron chi connectivity index (χ2n) is 4.66. The highest BCUT2D eigenvalue weighted by Crippen LogP contribution is 2.31. The van der Waals surface area contributed by atoms with Crippen molar-refractivity contribution in [2.45, 2.75) is 19.4 Å². The van der Waals surface area contributed by atoms with Gasteiger partial charge in [0.05, 0.1) is 17.7 Å². The summed E-state index contributed by atoms with van der Waals surface area (Å²) >= 11 is 5.72. The first-order chi connectivity index (χ1) is 10.2. The Hall–Kier alpha value is -1.62. The normalized spacial score (nSPS) is 12.2. The van der Waals surface area contributed by atoms with Crippen LogP contribution >= 0.6 is 11.6 Å². The molecule has 2 rings (SSSR count). The van der Waals surface area contributed by atoms with Gasteiger partial charge in [0.2, 0.25) is 0 Å². The van der Waals surface area contributed by atoms with Crippen molar-refractivity contribution >= 4 is 11.6 Å². The van der Waals surface area contributed by atoms with Crippen molar-refractivity contribution in [1.82, 2.24) is 5.43 Å². The summed E-state index contributed by atoms with van der Waals surface area (Å²) in [6.45, 7) is 2.65. The molecule has 1 atom stereocenters. The summed E-state index contributed by atoms with van der Waals surface area (Å²) in [5.74, 6) is 5.92. The summed E-state index contributed by atoms with van der Waals surface area (Å²) in [4.78, 5) is 0. The third-order valence-corrected chi connectivity index (χ3v) is 3.44. The third kappa shape index (κ3) is 3.73. The second-order valence-corrected chi connectivity index (χ2v) is 5.07. The van der Waals surface area contributed by atoms with Gasteiger partial charge in [-0.05, 0) is 30.2 Å². The number of rotatable bonds is 6. The van der Waals surface area contributed by atoms with Crippen molar-refractivity contribution in [2.24, 2.45) is 5.84 Å². The monoisotopic (exact) mass is 308 g/mol. The van der Waals surface area contributed by atoms with E-state index in [0.717, 1.165) is 17.7 Å². The first-order valence-electron chi connectivity index (χ1n) is 6.80. The highest BCUT2D eigenvalue weighted by atomic mass is 35.5. The molecule has 0 radical (unpaired) electrons. The molecule has 1 unspecified atom stereocenters. The first kappa shape index (κ1) is 15.8. The maximum atomic E-state index is 13.7. The van der Waals surface area contributed by atoms with Gasteiger partial charge in [-0.1, -0.05) is 42.8 Å². The predicted molar refractivity (Wildman–Crippen MR) is 82.8 cm³/mol. The molecule has 0 heterocycles. The Morgan fingerprint density at radius 3 is 2.71 bits per heavy atom. The molecule has 0 aliphatic heterocycles. The minimum absolute atomic E-state index is 0.0880. The molecular formula is C16H18ClFN2O.